The number of unbranched alkanes of at least 4 members (excludes halogenated alkanes) is 1. The van der Waals surface area contributed by atoms with Crippen molar-refractivity contribution in [1.29, 1.82) is 0 Å². The minimum Gasteiger partial charge on any atom is -0.496 e. The monoisotopic (exact) mass is 470 g/mol. The molecule has 8 heteroatoms. The number of pyridine rings is 1. The van der Waals surface area contributed by atoms with Gasteiger partial charge in [0.1, 0.15) is 11.8 Å². The number of aromatic nitrogens is 1. The number of carbonyl (C=O) groups is 2. The predicted molar refractivity (Wildman–Crippen MR) is 129 cm³/mol. The maximum Gasteiger partial charge on any atom is 0.257 e. The smallest absolute Gasteiger partial charge is 0.257 e. The fourth-order valence-electron chi connectivity index (χ4n) is 4.68. The van der Waals surface area contributed by atoms with Crippen molar-refractivity contribution in [3.8, 4) is 5.75 Å². The molecule has 3 heterocycles. The van der Waals surface area contributed by atoms with Gasteiger partial charge >= 0.3 is 0 Å². The van der Waals surface area contributed by atoms with Crippen LogP contribution in [0.2, 0.25) is 5.02 Å². The van der Waals surface area contributed by atoms with E-state index in [0.717, 1.165) is 56.4 Å². The molecule has 7 nitrogen and oxygen atoms in total. The molecule has 2 aromatic rings. The maximum absolute atomic E-state index is 12.9. The number of rotatable bonds is 8. The van der Waals surface area contributed by atoms with Gasteiger partial charge in [0.2, 0.25) is 5.91 Å². The van der Waals surface area contributed by atoms with Gasteiger partial charge in [-0.1, -0.05) is 24.4 Å². The maximum atomic E-state index is 12.9. The number of nitrogens with one attached hydrogen (secondary N) is 2. The zero-order valence-corrected chi connectivity index (χ0v) is 19.7. The number of benzene rings is 1. The normalized spacial score (nSPS) is 17.9. The molecule has 1 fully saturated rings. The van der Waals surface area contributed by atoms with E-state index in [1.54, 1.807) is 31.5 Å². The minimum atomic E-state index is -0.204. The van der Waals surface area contributed by atoms with Crippen LogP contribution in [0.5, 0.6) is 5.75 Å². The highest BCUT2D eigenvalue weighted by atomic mass is 35.5. The zero-order valence-electron chi connectivity index (χ0n) is 19.0. The summed E-state index contributed by atoms with van der Waals surface area (Å²) in [6.07, 6.45) is 9.40. The Kier molecular flexibility index (Phi) is 7.70. The Morgan fingerprint density at radius 2 is 2.06 bits per heavy atom. The average Bonchev–Trinajstić information content (AvgIpc) is 3.28. The Morgan fingerprint density at radius 3 is 2.82 bits per heavy atom. The molecule has 2 aliphatic rings. The first-order chi connectivity index (χ1) is 16.0. The number of hydrogen-bond donors (Lipinski definition) is 2. The number of halogens is 1. The van der Waals surface area contributed by atoms with Crippen molar-refractivity contribution in [2.24, 2.45) is 5.92 Å². The first-order valence-corrected chi connectivity index (χ1v) is 12.0. The second kappa shape index (κ2) is 10.9. The molecule has 0 bridgehead atoms. The molecule has 0 radical (unpaired) electrons. The largest absolute Gasteiger partial charge is 0.496 e. The van der Waals surface area contributed by atoms with Gasteiger partial charge in [0.25, 0.3) is 5.91 Å². The molecule has 0 aliphatic carbocycles. The van der Waals surface area contributed by atoms with Crippen molar-refractivity contribution >= 4 is 29.1 Å². The molecule has 0 saturated carbocycles. The van der Waals surface area contributed by atoms with Crippen LogP contribution >= 0.6 is 11.6 Å². The number of piperidine rings is 1. The van der Waals surface area contributed by atoms with Crippen molar-refractivity contribution in [3.63, 3.8) is 0 Å². The van der Waals surface area contributed by atoms with E-state index in [-0.39, 0.29) is 17.9 Å². The highest BCUT2D eigenvalue weighted by molar-refractivity contribution is 6.31. The van der Waals surface area contributed by atoms with E-state index in [2.05, 4.69) is 15.6 Å². The van der Waals surface area contributed by atoms with Crippen molar-refractivity contribution in [2.75, 3.05) is 32.1 Å². The van der Waals surface area contributed by atoms with E-state index < -0.39 is 0 Å². The molecule has 2 N–H and O–H groups in total. The SMILES string of the molecule is COc1ccc(Cl)cc1C(=O)N1CCC(CCCCNC(=O)C2Cc3cnccc3N2)CC1. The lowest BCUT2D eigenvalue weighted by atomic mass is 9.91. The van der Waals surface area contributed by atoms with Crippen LogP contribution < -0.4 is 15.4 Å². The molecule has 2 aliphatic heterocycles. The second-order valence-corrected chi connectivity index (χ2v) is 9.24. The number of nitrogens with zero attached hydrogens (tertiary/aromatic N) is 2. The van der Waals surface area contributed by atoms with Gasteiger partial charge in [-0.05, 0) is 55.0 Å². The Morgan fingerprint density at radius 1 is 1.24 bits per heavy atom. The summed E-state index contributed by atoms with van der Waals surface area (Å²) in [5, 5.41) is 6.85. The van der Waals surface area contributed by atoms with Crippen LogP contribution in [0.15, 0.2) is 36.7 Å². The highest BCUT2D eigenvalue weighted by Crippen LogP contribution is 2.28. The molecule has 4 rings (SSSR count). The number of anilines is 1. The summed E-state index contributed by atoms with van der Waals surface area (Å²) in [6.45, 7) is 2.19. The molecule has 176 valence electrons. The van der Waals surface area contributed by atoms with Gasteiger partial charge in [-0.15, -0.1) is 0 Å². The third-order valence-corrected chi connectivity index (χ3v) is 6.84. The fraction of sp³-hybridized carbons (Fsp3) is 0.480. The molecule has 33 heavy (non-hydrogen) atoms. The average molecular weight is 471 g/mol. The number of methoxy groups -OCH3 is 1. The summed E-state index contributed by atoms with van der Waals surface area (Å²) in [5.41, 5.74) is 2.62. The molecule has 1 aromatic heterocycles. The van der Waals surface area contributed by atoms with E-state index in [1.807, 2.05) is 17.2 Å². The van der Waals surface area contributed by atoms with Crippen LogP contribution in [0, 0.1) is 5.92 Å². The molecule has 1 aromatic carbocycles. The van der Waals surface area contributed by atoms with Gasteiger partial charge in [0, 0.05) is 49.2 Å². The van der Waals surface area contributed by atoms with Crippen LogP contribution in [-0.4, -0.2) is 54.5 Å². The Bertz CT molecular complexity index is 966. The molecule has 1 unspecified atom stereocenters. The Balaban J connectivity index is 1.13. The van der Waals surface area contributed by atoms with Crippen molar-refractivity contribution in [2.45, 2.75) is 44.6 Å². The standard InChI is InChI=1S/C25H31ClN4O3/c1-33-23-6-5-19(26)15-20(23)25(32)30-12-8-17(9-13-30)4-2-3-10-28-24(31)22-14-18-16-27-11-7-21(18)29-22/h5-7,11,15-17,22,29H,2-4,8-10,12-14H2,1H3,(H,28,31). The van der Waals surface area contributed by atoms with E-state index in [1.165, 1.54) is 0 Å². The second-order valence-electron chi connectivity index (χ2n) is 8.80. The molecule has 1 saturated heterocycles. The topological polar surface area (TPSA) is 83.6 Å². The number of fused-ring (bicyclic) bond motifs is 1. The summed E-state index contributed by atoms with van der Waals surface area (Å²) in [6, 6.07) is 6.85. The Hall–Kier alpha value is -2.80. The van der Waals surface area contributed by atoms with Crippen molar-refractivity contribution in [1.82, 2.24) is 15.2 Å². The first kappa shape index (κ1) is 23.4. The van der Waals surface area contributed by atoms with Gasteiger partial charge < -0.3 is 20.3 Å². The van der Waals surface area contributed by atoms with Crippen LogP contribution in [0.1, 0.15) is 48.0 Å². The zero-order chi connectivity index (χ0) is 23.2. The van der Waals surface area contributed by atoms with Gasteiger partial charge in [0.15, 0.2) is 0 Å². The lowest BCUT2D eigenvalue weighted by molar-refractivity contribution is -0.121. The fourth-order valence-corrected chi connectivity index (χ4v) is 4.85. The van der Waals surface area contributed by atoms with Gasteiger partial charge in [0.05, 0.1) is 12.7 Å². The number of likely N-dealkylation sites (tertiary alicyclic amines) is 1. The molecular formula is C25H31ClN4O3. The van der Waals surface area contributed by atoms with Gasteiger partial charge in [-0.2, -0.15) is 0 Å². The van der Waals surface area contributed by atoms with Crippen LogP contribution in [0.4, 0.5) is 5.69 Å². The lowest BCUT2D eigenvalue weighted by Crippen LogP contribution is -2.39. The van der Waals surface area contributed by atoms with Gasteiger partial charge in [-0.25, -0.2) is 0 Å². The Labute approximate surface area is 199 Å². The minimum absolute atomic E-state index is 0.0195. The van der Waals surface area contributed by atoms with Crippen LogP contribution in [0.3, 0.4) is 0 Å². The molecule has 2 amide bonds. The van der Waals surface area contributed by atoms with E-state index in [9.17, 15) is 9.59 Å². The molecule has 0 spiro atoms. The number of amides is 2. The quantitative estimate of drug-likeness (QED) is 0.571. The van der Waals surface area contributed by atoms with Crippen molar-refractivity contribution in [3.05, 3.63) is 52.8 Å². The van der Waals surface area contributed by atoms with E-state index in [4.69, 9.17) is 16.3 Å². The predicted octanol–water partition coefficient (Wildman–Crippen LogP) is 3.92. The van der Waals surface area contributed by atoms with Crippen LogP contribution in [0.25, 0.3) is 0 Å². The number of ether oxygens (including phenoxy) is 1. The summed E-state index contributed by atoms with van der Waals surface area (Å²) >= 11 is 6.08. The lowest BCUT2D eigenvalue weighted by Gasteiger charge is -2.32. The number of carbonyl (C=O) groups excluding carboxylic acids is 2. The summed E-state index contributed by atoms with van der Waals surface area (Å²) < 4.78 is 5.33. The summed E-state index contributed by atoms with van der Waals surface area (Å²) in [4.78, 5) is 31.3. The highest BCUT2D eigenvalue weighted by Gasteiger charge is 2.27. The first-order valence-electron chi connectivity index (χ1n) is 11.6. The molecule has 1 atom stereocenters. The third-order valence-electron chi connectivity index (χ3n) is 6.61. The van der Waals surface area contributed by atoms with Gasteiger partial charge in [-0.3, -0.25) is 14.6 Å². The van der Waals surface area contributed by atoms with E-state index >= 15 is 0 Å². The third kappa shape index (κ3) is 5.77. The van der Waals surface area contributed by atoms with Crippen LogP contribution in [-0.2, 0) is 11.2 Å². The summed E-state index contributed by atoms with van der Waals surface area (Å²) in [5.74, 6) is 1.20. The van der Waals surface area contributed by atoms with E-state index in [0.29, 0.717) is 35.2 Å². The molecular weight excluding hydrogens is 440 g/mol. The van der Waals surface area contributed by atoms with Crippen molar-refractivity contribution < 1.29 is 14.3 Å². The summed E-state index contributed by atoms with van der Waals surface area (Å²) in [7, 11) is 1.56. The number of hydrogen-bond acceptors (Lipinski definition) is 5.